The van der Waals surface area contributed by atoms with Crippen LogP contribution in [-0.2, 0) is 4.79 Å². The molecule has 0 saturated heterocycles. The molecule has 3 rings (SSSR count). The molecule has 1 aromatic heterocycles. The van der Waals surface area contributed by atoms with Crippen LogP contribution < -0.4 is 10.2 Å². The Kier molecular flexibility index (Phi) is 4.59. The van der Waals surface area contributed by atoms with E-state index in [9.17, 15) is 9.59 Å². The summed E-state index contributed by atoms with van der Waals surface area (Å²) in [6.07, 6.45) is 3.52. The van der Waals surface area contributed by atoms with Gasteiger partial charge in [0, 0.05) is 18.1 Å². The van der Waals surface area contributed by atoms with Gasteiger partial charge in [-0.1, -0.05) is 23.2 Å². The molecule has 1 N–H and O–H groups in total. The number of benzene rings is 2. The summed E-state index contributed by atoms with van der Waals surface area (Å²) in [6.45, 7) is 0. The van der Waals surface area contributed by atoms with Gasteiger partial charge in [0.25, 0.3) is 0 Å². The van der Waals surface area contributed by atoms with Gasteiger partial charge >= 0.3 is 6.03 Å². The zero-order valence-electron chi connectivity index (χ0n) is 12.1. The van der Waals surface area contributed by atoms with Gasteiger partial charge in [-0.25, -0.2) is 9.69 Å². The lowest BCUT2D eigenvalue weighted by molar-refractivity contribution is -0.106. The zero-order valence-corrected chi connectivity index (χ0v) is 13.6. The van der Waals surface area contributed by atoms with E-state index in [4.69, 9.17) is 23.2 Å². The molecule has 6 nitrogen and oxygen atoms in total. The first kappa shape index (κ1) is 16.2. The number of halogens is 2. The summed E-state index contributed by atoms with van der Waals surface area (Å²) in [5.74, 6) is 0. The van der Waals surface area contributed by atoms with Crippen molar-refractivity contribution in [2.45, 2.75) is 0 Å². The van der Waals surface area contributed by atoms with Crippen molar-refractivity contribution in [2.24, 2.45) is 0 Å². The van der Waals surface area contributed by atoms with Crippen LogP contribution in [-0.4, -0.2) is 22.4 Å². The molecule has 0 aliphatic rings. The highest BCUT2D eigenvalue weighted by Gasteiger charge is 2.16. The molecule has 1 heterocycles. The standard InChI is InChI=1S/C16H10Cl2N4O2/c17-12-3-1-10(7-13(12)18)21-16(24)22(9-23)11-2-4-14-15(8-11)20-6-5-19-14/h1-9H,(H,21,24). The molecule has 0 fully saturated rings. The van der Waals surface area contributed by atoms with Crippen molar-refractivity contribution in [1.82, 2.24) is 9.97 Å². The number of fused-ring (bicyclic) bond motifs is 1. The third-order valence-corrected chi connectivity index (χ3v) is 3.97. The van der Waals surface area contributed by atoms with Gasteiger partial charge in [-0.15, -0.1) is 0 Å². The predicted octanol–water partition coefficient (Wildman–Crippen LogP) is 4.13. The lowest BCUT2D eigenvalue weighted by atomic mass is 10.2. The predicted molar refractivity (Wildman–Crippen MR) is 93.6 cm³/mol. The van der Waals surface area contributed by atoms with Crippen LogP contribution in [0, 0.1) is 0 Å². The molecular weight excluding hydrogens is 351 g/mol. The van der Waals surface area contributed by atoms with Gasteiger partial charge in [-0.3, -0.25) is 14.8 Å². The molecule has 0 spiro atoms. The molecule has 2 aromatic carbocycles. The number of amides is 3. The lowest BCUT2D eigenvalue weighted by Crippen LogP contribution is -2.33. The molecule has 8 heteroatoms. The van der Waals surface area contributed by atoms with Crippen LogP contribution in [0.1, 0.15) is 0 Å². The molecule has 0 aliphatic carbocycles. The summed E-state index contributed by atoms with van der Waals surface area (Å²) in [6, 6.07) is 8.89. The smallest absolute Gasteiger partial charge is 0.307 e. The molecule has 120 valence electrons. The van der Waals surface area contributed by atoms with Crippen LogP contribution in [0.25, 0.3) is 11.0 Å². The molecule has 3 aromatic rings. The molecule has 0 aliphatic heterocycles. The molecule has 0 atom stereocenters. The number of hydrogen-bond donors (Lipinski definition) is 1. The summed E-state index contributed by atoms with van der Waals surface area (Å²) in [4.78, 5) is 32.9. The topological polar surface area (TPSA) is 75.2 Å². The van der Waals surface area contributed by atoms with Crippen LogP contribution in [0.4, 0.5) is 16.2 Å². The Bertz CT molecular complexity index is 933. The first-order valence-electron chi connectivity index (χ1n) is 6.80. The third-order valence-electron chi connectivity index (χ3n) is 3.23. The van der Waals surface area contributed by atoms with Crippen molar-refractivity contribution in [3.63, 3.8) is 0 Å². The Balaban J connectivity index is 1.87. The second kappa shape index (κ2) is 6.82. The molecule has 3 amide bonds. The first-order chi connectivity index (χ1) is 11.6. The molecule has 0 radical (unpaired) electrons. The summed E-state index contributed by atoms with van der Waals surface area (Å²) < 4.78 is 0. The number of imide groups is 1. The third kappa shape index (κ3) is 3.29. The van der Waals surface area contributed by atoms with Gasteiger partial charge in [0.05, 0.1) is 26.8 Å². The van der Waals surface area contributed by atoms with E-state index in [0.29, 0.717) is 38.9 Å². The molecular formula is C16H10Cl2N4O2. The highest BCUT2D eigenvalue weighted by Crippen LogP contribution is 2.26. The summed E-state index contributed by atoms with van der Waals surface area (Å²) in [7, 11) is 0. The number of nitrogens with zero attached hydrogens (tertiary/aromatic N) is 3. The Morgan fingerprint density at radius 2 is 1.75 bits per heavy atom. The van der Waals surface area contributed by atoms with Crippen molar-refractivity contribution in [1.29, 1.82) is 0 Å². The average molecular weight is 361 g/mol. The monoisotopic (exact) mass is 360 g/mol. The normalized spacial score (nSPS) is 10.4. The van der Waals surface area contributed by atoms with Crippen LogP contribution in [0.5, 0.6) is 0 Å². The minimum absolute atomic E-state index is 0.299. The van der Waals surface area contributed by atoms with E-state index in [1.54, 1.807) is 36.5 Å². The van der Waals surface area contributed by atoms with E-state index in [-0.39, 0.29) is 0 Å². The summed E-state index contributed by atoms with van der Waals surface area (Å²) >= 11 is 11.7. The molecule has 0 saturated carbocycles. The van der Waals surface area contributed by atoms with Crippen LogP contribution in [0.15, 0.2) is 48.8 Å². The van der Waals surface area contributed by atoms with E-state index in [1.807, 2.05) is 0 Å². The van der Waals surface area contributed by atoms with Crippen LogP contribution in [0.3, 0.4) is 0 Å². The maximum Gasteiger partial charge on any atom is 0.332 e. The SMILES string of the molecule is O=CN(C(=O)Nc1ccc(Cl)c(Cl)c1)c1ccc2nccnc2c1. The van der Waals surface area contributed by atoms with E-state index in [0.717, 1.165) is 4.90 Å². The largest absolute Gasteiger partial charge is 0.332 e. The number of anilines is 2. The van der Waals surface area contributed by atoms with E-state index < -0.39 is 6.03 Å². The van der Waals surface area contributed by atoms with E-state index >= 15 is 0 Å². The number of rotatable bonds is 3. The number of carbonyl (C=O) groups excluding carboxylic acids is 2. The Morgan fingerprint density at radius 1 is 1.00 bits per heavy atom. The second-order valence-electron chi connectivity index (χ2n) is 4.76. The number of urea groups is 1. The molecule has 0 unspecified atom stereocenters. The highest BCUT2D eigenvalue weighted by atomic mass is 35.5. The van der Waals surface area contributed by atoms with Crippen molar-refractivity contribution in [2.75, 3.05) is 10.2 Å². The van der Waals surface area contributed by atoms with Crippen molar-refractivity contribution in [3.8, 4) is 0 Å². The van der Waals surface area contributed by atoms with Gasteiger partial charge in [-0.05, 0) is 36.4 Å². The van der Waals surface area contributed by atoms with Crippen molar-refractivity contribution >= 4 is 58.1 Å². The highest BCUT2D eigenvalue weighted by molar-refractivity contribution is 6.42. The zero-order chi connectivity index (χ0) is 17.1. The maximum absolute atomic E-state index is 12.3. The number of aromatic nitrogens is 2. The van der Waals surface area contributed by atoms with Gasteiger partial charge < -0.3 is 5.32 Å². The fourth-order valence-corrected chi connectivity index (χ4v) is 2.38. The minimum Gasteiger partial charge on any atom is -0.307 e. The first-order valence-corrected chi connectivity index (χ1v) is 7.55. The van der Waals surface area contributed by atoms with Crippen molar-refractivity contribution in [3.05, 3.63) is 58.8 Å². The average Bonchev–Trinajstić information content (AvgIpc) is 2.59. The summed E-state index contributed by atoms with van der Waals surface area (Å²) in [5, 5.41) is 3.25. The van der Waals surface area contributed by atoms with Crippen LogP contribution >= 0.6 is 23.2 Å². The van der Waals surface area contributed by atoms with Crippen molar-refractivity contribution < 1.29 is 9.59 Å². The second-order valence-corrected chi connectivity index (χ2v) is 5.58. The molecule has 0 bridgehead atoms. The minimum atomic E-state index is -0.633. The summed E-state index contributed by atoms with van der Waals surface area (Å²) in [5.41, 5.74) is 2.03. The Hall–Kier alpha value is -2.70. The van der Waals surface area contributed by atoms with Gasteiger partial charge in [0.1, 0.15) is 0 Å². The lowest BCUT2D eigenvalue weighted by Gasteiger charge is -2.17. The van der Waals surface area contributed by atoms with Gasteiger partial charge in [0.15, 0.2) is 0 Å². The number of carbonyl (C=O) groups is 2. The maximum atomic E-state index is 12.3. The number of nitrogens with one attached hydrogen (secondary N) is 1. The Morgan fingerprint density at radius 3 is 2.46 bits per heavy atom. The molecule has 24 heavy (non-hydrogen) atoms. The quantitative estimate of drug-likeness (QED) is 0.712. The van der Waals surface area contributed by atoms with E-state index in [1.165, 1.54) is 12.3 Å². The fraction of sp³-hybridized carbons (Fsp3) is 0. The van der Waals surface area contributed by atoms with Crippen LogP contribution in [0.2, 0.25) is 10.0 Å². The van der Waals surface area contributed by atoms with Gasteiger partial charge in [0.2, 0.25) is 6.41 Å². The van der Waals surface area contributed by atoms with Gasteiger partial charge in [-0.2, -0.15) is 0 Å². The Labute approximate surface area is 147 Å². The van der Waals surface area contributed by atoms with E-state index in [2.05, 4.69) is 15.3 Å². The fourth-order valence-electron chi connectivity index (χ4n) is 2.09. The number of hydrogen-bond acceptors (Lipinski definition) is 4.